The Hall–Kier alpha value is -3.13. The number of aromatic nitrogens is 2. The summed E-state index contributed by atoms with van der Waals surface area (Å²) in [6.45, 7) is 1.73. The third-order valence-electron chi connectivity index (χ3n) is 4.26. The number of hydrogen-bond donors (Lipinski definition) is 1. The topological polar surface area (TPSA) is 90.3 Å². The molecule has 28 heavy (non-hydrogen) atoms. The van der Waals surface area contributed by atoms with Gasteiger partial charge in [0, 0.05) is 6.20 Å². The molecule has 0 aliphatic carbocycles. The number of ether oxygens (including phenoxy) is 1. The molecule has 1 amide bonds. The lowest BCUT2D eigenvalue weighted by atomic mass is 10.2. The first kappa shape index (κ1) is 19.6. The first-order chi connectivity index (χ1) is 13.4. The van der Waals surface area contributed by atoms with E-state index in [0.29, 0.717) is 5.69 Å². The van der Waals surface area contributed by atoms with Crippen molar-refractivity contribution in [3.63, 3.8) is 0 Å². The van der Waals surface area contributed by atoms with E-state index in [9.17, 15) is 13.2 Å². The van der Waals surface area contributed by atoms with Crippen LogP contribution < -0.4 is 10.1 Å². The van der Waals surface area contributed by atoms with Crippen molar-refractivity contribution in [1.82, 2.24) is 15.1 Å². The lowest BCUT2D eigenvalue weighted by Crippen LogP contribution is -2.25. The molecule has 3 rings (SSSR count). The lowest BCUT2D eigenvalue weighted by molar-refractivity contribution is 0.0947. The molecule has 3 aromatic rings. The van der Waals surface area contributed by atoms with Crippen LogP contribution in [0.4, 0.5) is 0 Å². The lowest BCUT2D eigenvalue weighted by Gasteiger charge is -2.09. The molecule has 1 N–H and O–H groups in total. The zero-order chi connectivity index (χ0) is 20.1. The van der Waals surface area contributed by atoms with E-state index < -0.39 is 15.7 Å². The van der Waals surface area contributed by atoms with Crippen LogP contribution in [0.3, 0.4) is 0 Å². The van der Waals surface area contributed by atoms with Gasteiger partial charge in [-0.25, -0.2) is 13.1 Å². The molecule has 2 aromatic carbocycles. The summed E-state index contributed by atoms with van der Waals surface area (Å²) < 4.78 is 31.2. The molecular formula is C20H21N3O4S. The molecule has 146 valence electrons. The summed E-state index contributed by atoms with van der Waals surface area (Å²) in [5.41, 5.74) is 1.65. The molecule has 0 saturated carbocycles. The van der Waals surface area contributed by atoms with Gasteiger partial charge in [-0.1, -0.05) is 19.1 Å². The monoisotopic (exact) mass is 399 g/mol. The van der Waals surface area contributed by atoms with Crippen molar-refractivity contribution >= 4 is 15.7 Å². The Balaban J connectivity index is 1.72. The van der Waals surface area contributed by atoms with E-state index in [1.807, 2.05) is 24.3 Å². The summed E-state index contributed by atoms with van der Waals surface area (Å²) in [4.78, 5) is 12.6. The largest absolute Gasteiger partial charge is 0.497 e. The minimum atomic E-state index is -3.49. The van der Waals surface area contributed by atoms with E-state index in [0.717, 1.165) is 11.4 Å². The SMILES string of the molecule is CCS(=O)(=O)c1ccccc1C(=O)NCc1ccn(-c2ccc(OC)cc2)n1. The van der Waals surface area contributed by atoms with Crippen molar-refractivity contribution in [3.8, 4) is 11.4 Å². The summed E-state index contributed by atoms with van der Waals surface area (Å²) in [6.07, 6.45) is 1.79. The summed E-state index contributed by atoms with van der Waals surface area (Å²) in [7, 11) is -1.88. The van der Waals surface area contributed by atoms with Crippen molar-refractivity contribution < 1.29 is 17.9 Å². The maximum atomic E-state index is 12.5. The molecule has 0 aliphatic heterocycles. The molecule has 0 aliphatic rings. The Morgan fingerprint density at radius 2 is 1.82 bits per heavy atom. The second kappa shape index (κ2) is 8.26. The zero-order valence-corrected chi connectivity index (χ0v) is 16.4. The second-order valence-corrected chi connectivity index (χ2v) is 8.28. The van der Waals surface area contributed by atoms with Gasteiger partial charge in [0.15, 0.2) is 9.84 Å². The van der Waals surface area contributed by atoms with Crippen LogP contribution in [0.5, 0.6) is 5.75 Å². The predicted molar refractivity (Wildman–Crippen MR) is 105 cm³/mol. The predicted octanol–water partition coefficient (Wildman–Crippen LogP) is 2.60. The number of carbonyl (C=O) groups excluding carboxylic acids is 1. The number of nitrogens with zero attached hydrogens (tertiary/aromatic N) is 2. The molecule has 0 spiro atoms. The van der Waals surface area contributed by atoms with Crippen molar-refractivity contribution in [3.05, 3.63) is 72.1 Å². The normalized spacial score (nSPS) is 11.2. The van der Waals surface area contributed by atoms with Gasteiger partial charge < -0.3 is 10.1 Å². The van der Waals surface area contributed by atoms with Crippen LogP contribution in [-0.4, -0.2) is 37.0 Å². The van der Waals surface area contributed by atoms with Crippen molar-refractivity contribution in [1.29, 1.82) is 0 Å². The molecular weight excluding hydrogens is 378 g/mol. The highest BCUT2D eigenvalue weighted by atomic mass is 32.2. The molecule has 8 heteroatoms. The van der Waals surface area contributed by atoms with Crippen LogP contribution in [0.2, 0.25) is 0 Å². The van der Waals surface area contributed by atoms with Gasteiger partial charge >= 0.3 is 0 Å². The molecule has 1 aromatic heterocycles. The number of nitrogens with one attached hydrogen (secondary N) is 1. The van der Waals surface area contributed by atoms with E-state index in [1.165, 1.54) is 12.1 Å². The van der Waals surface area contributed by atoms with Crippen LogP contribution in [0.1, 0.15) is 23.0 Å². The third kappa shape index (κ3) is 4.23. The average molecular weight is 399 g/mol. The van der Waals surface area contributed by atoms with Gasteiger partial charge in [0.2, 0.25) is 0 Å². The van der Waals surface area contributed by atoms with Gasteiger partial charge in [-0.15, -0.1) is 0 Å². The van der Waals surface area contributed by atoms with E-state index in [2.05, 4.69) is 10.4 Å². The minimum Gasteiger partial charge on any atom is -0.497 e. The number of benzene rings is 2. The standard InChI is InChI=1S/C20H21N3O4S/c1-3-28(25,26)19-7-5-4-6-18(19)20(24)21-14-15-12-13-23(22-15)16-8-10-17(27-2)11-9-16/h4-13H,3,14H2,1-2H3,(H,21,24). The molecule has 0 unspecified atom stereocenters. The number of hydrogen-bond acceptors (Lipinski definition) is 5. The van der Waals surface area contributed by atoms with Crippen LogP contribution in [-0.2, 0) is 16.4 Å². The van der Waals surface area contributed by atoms with Gasteiger partial charge in [-0.2, -0.15) is 5.10 Å². The average Bonchev–Trinajstić information content (AvgIpc) is 3.21. The summed E-state index contributed by atoms with van der Waals surface area (Å²) >= 11 is 0. The Morgan fingerprint density at radius 3 is 2.50 bits per heavy atom. The fourth-order valence-corrected chi connectivity index (χ4v) is 3.77. The molecule has 0 saturated heterocycles. The fourth-order valence-electron chi connectivity index (χ4n) is 2.68. The molecule has 0 fully saturated rings. The first-order valence-electron chi connectivity index (χ1n) is 8.73. The van der Waals surface area contributed by atoms with Gasteiger partial charge in [-0.3, -0.25) is 4.79 Å². The molecule has 1 heterocycles. The number of methoxy groups -OCH3 is 1. The highest BCUT2D eigenvalue weighted by Gasteiger charge is 2.20. The summed E-state index contributed by atoms with van der Waals surface area (Å²) in [6, 6.07) is 15.4. The number of rotatable bonds is 7. The molecule has 0 atom stereocenters. The number of sulfone groups is 1. The van der Waals surface area contributed by atoms with Crippen LogP contribution >= 0.6 is 0 Å². The Kier molecular flexibility index (Phi) is 5.79. The highest BCUT2D eigenvalue weighted by molar-refractivity contribution is 7.91. The Morgan fingerprint density at radius 1 is 1.11 bits per heavy atom. The number of carbonyl (C=O) groups is 1. The summed E-state index contributed by atoms with van der Waals surface area (Å²) in [5, 5.41) is 7.17. The van der Waals surface area contributed by atoms with Gasteiger partial charge in [-0.05, 0) is 42.5 Å². The van der Waals surface area contributed by atoms with Crippen molar-refractivity contribution in [2.24, 2.45) is 0 Å². The van der Waals surface area contributed by atoms with E-state index in [4.69, 9.17) is 4.74 Å². The van der Waals surface area contributed by atoms with Crippen molar-refractivity contribution in [2.45, 2.75) is 18.4 Å². The van der Waals surface area contributed by atoms with Gasteiger partial charge in [0.1, 0.15) is 5.75 Å². The maximum absolute atomic E-state index is 12.5. The quantitative estimate of drug-likeness (QED) is 0.660. The molecule has 7 nitrogen and oxygen atoms in total. The van der Waals surface area contributed by atoms with Crippen LogP contribution in [0.15, 0.2) is 65.7 Å². The summed E-state index contributed by atoms with van der Waals surface area (Å²) in [5.74, 6) is 0.236. The van der Waals surface area contributed by atoms with Crippen molar-refractivity contribution in [2.75, 3.05) is 12.9 Å². The van der Waals surface area contributed by atoms with Crippen LogP contribution in [0, 0.1) is 0 Å². The van der Waals surface area contributed by atoms with Gasteiger partial charge in [0.25, 0.3) is 5.91 Å². The van der Waals surface area contributed by atoms with E-state index in [1.54, 1.807) is 43.1 Å². The van der Waals surface area contributed by atoms with E-state index in [-0.39, 0.29) is 22.8 Å². The maximum Gasteiger partial charge on any atom is 0.252 e. The minimum absolute atomic E-state index is 0.0405. The van der Waals surface area contributed by atoms with E-state index >= 15 is 0 Å². The van der Waals surface area contributed by atoms with Crippen LogP contribution in [0.25, 0.3) is 5.69 Å². The fraction of sp³-hybridized carbons (Fsp3) is 0.200. The highest BCUT2D eigenvalue weighted by Crippen LogP contribution is 2.17. The molecule has 0 radical (unpaired) electrons. The zero-order valence-electron chi connectivity index (χ0n) is 15.6. The molecule has 0 bridgehead atoms. The third-order valence-corrected chi connectivity index (χ3v) is 6.04. The first-order valence-corrected chi connectivity index (χ1v) is 10.4. The van der Waals surface area contributed by atoms with Gasteiger partial charge in [0.05, 0.1) is 41.2 Å². The smallest absolute Gasteiger partial charge is 0.252 e. The Labute approximate surface area is 163 Å². The number of amides is 1. The second-order valence-electron chi connectivity index (χ2n) is 6.03. The Bertz CT molecular complexity index is 1070.